The van der Waals surface area contributed by atoms with Gasteiger partial charge in [0.25, 0.3) is 0 Å². The predicted octanol–water partition coefficient (Wildman–Crippen LogP) is 4.21. The van der Waals surface area contributed by atoms with E-state index < -0.39 is 0 Å². The largest absolute Gasteiger partial charge is 0.469 e. The fraction of sp³-hybridized carbons (Fsp3) is 0.316. The maximum absolute atomic E-state index is 11.0. The third-order valence-corrected chi connectivity index (χ3v) is 3.25. The lowest BCUT2D eigenvalue weighted by molar-refractivity contribution is -0.139. The van der Waals surface area contributed by atoms with Gasteiger partial charge in [0.15, 0.2) is 0 Å². The highest BCUT2D eigenvalue weighted by atomic mass is 16.5. The number of aryl methyl sites for hydroxylation is 1. The van der Waals surface area contributed by atoms with Crippen molar-refractivity contribution in [2.75, 3.05) is 12.8 Å². The molecule has 0 fully saturated rings. The Hall–Kier alpha value is -2.29. The number of rotatable bonds is 8. The molecule has 2 N–H and O–H groups in total. The molecule has 0 amide bonds. The molecule has 3 heteroatoms. The van der Waals surface area contributed by atoms with Crippen molar-refractivity contribution >= 4 is 11.7 Å². The standard InChI is InChI=1S/C19H25NO2/c1-3-7-16(8-4-5-11-19(21)22-2)9-6-10-17-12-14-18(20)15-13-17/h3-5,7-8,12-15H,6,9-11,20H2,1-2H3/b5-4?,7-3-,16-8+. The van der Waals surface area contributed by atoms with Crippen LogP contribution in [-0.2, 0) is 16.0 Å². The number of benzene rings is 1. The Morgan fingerprint density at radius 2 is 2.00 bits per heavy atom. The molecule has 0 aromatic heterocycles. The van der Waals surface area contributed by atoms with Crippen LogP contribution >= 0.6 is 0 Å². The minimum atomic E-state index is -0.222. The highest BCUT2D eigenvalue weighted by molar-refractivity contribution is 5.70. The highest BCUT2D eigenvalue weighted by Gasteiger charge is 1.97. The fourth-order valence-electron chi connectivity index (χ4n) is 2.06. The zero-order chi connectivity index (χ0) is 16.2. The first-order chi connectivity index (χ1) is 10.7. The molecule has 0 saturated carbocycles. The summed E-state index contributed by atoms with van der Waals surface area (Å²) in [6, 6.07) is 8.02. The summed E-state index contributed by atoms with van der Waals surface area (Å²) in [5, 5.41) is 0. The molecular formula is C19H25NO2. The molecule has 0 saturated heterocycles. The van der Waals surface area contributed by atoms with E-state index in [2.05, 4.69) is 22.9 Å². The molecule has 3 nitrogen and oxygen atoms in total. The number of carbonyl (C=O) groups excluding carboxylic acids is 1. The summed E-state index contributed by atoms with van der Waals surface area (Å²) in [7, 11) is 1.40. The zero-order valence-electron chi connectivity index (χ0n) is 13.4. The molecule has 22 heavy (non-hydrogen) atoms. The Balaban J connectivity index is 2.46. The van der Waals surface area contributed by atoms with Crippen LogP contribution in [0.3, 0.4) is 0 Å². The van der Waals surface area contributed by atoms with Gasteiger partial charge >= 0.3 is 5.97 Å². The zero-order valence-corrected chi connectivity index (χ0v) is 13.4. The van der Waals surface area contributed by atoms with E-state index in [-0.39, 0.29) is 5.97 Å². The van der Waals surface area contributed by atoms with Crippen LogP contribution in [0.1, 0.15) is 31.7 Å². The highest BCUT2D eigenvalue weighted by Crippen LogP contribution is 2.13. The van der Waals surface area contributed by atoms with Crippen molar-refractivity contribution in [1.29, 1.82) is 0 Å². The topological polar surface area (TPSA) is 52.3 Å². The summed E-state index contributed by atoms with van der Waals surface area (Å²) >= 11 is 0. The SMILES string of the molecule is C/C=C\C(=C/C=CCC(=O)OC)CCCc1ccc(N)cc1. The van der Waals surface area contributed by atoms with E-state index in [4.69, 9.17) is 5.73 Å². The molecule has 0 spiro atoms. The molecule has 0 heterocycles. The number of allylic oxidation sites excluding steroid dienone is 5. The maximum atomic E-state index is 11.0. The van der Waals surface area contributed by atoms with Crippen LogP contribution < -0.4 is 5.73 Å². The van der Waals surface area contributed by atoms with E-state index in [9.17, 15) is 4.79 Å². The Labute approximate surface area is 133 Å². The average Bonchev–Trinajstić information content (AvgIpc) is 2.53. The quantitative estimate of drug-likeness (QED) is 0.444. The number of ether oxygens (including phenoxy) is 1. The van der Waals surface area contributed by atoms with Crippen molar-refractivity contribution in [2.24, 2.45) is 0 Å². The van der Waals surface area contributed by atoms with Crippen LogP contribution in [0.4, 0.5) is 5.69 Å². The van der Waals surface area contributed by atoms with E-state index in [1.807, 2.05) is 43.4 Å². The van der Waals surface area contributed by atoms with E-state index in [0.29, 0.717) is 6.42 Å². The molecule has 0 unspecified atom stereocenters. The molecule has 1 aromatic carbocycles. The summed E-state index contributed by atoms with van der Waals surface area (Å²) in [4.78, 5) is 11.0. The Kier molecular flexibility index (Phi) is 8.43. The van der Waals surface area contributed by atoms with Gasteiger partial charge in [0.05, 0.1) is 13.5 Å². The van der Waals surface area contributed by atoms with Crippen LogP contribution in [0, 0.1) is 0 Å². The van der Waals surface area contributed by atoms with Crippen LogP contribution in [0.5, 0.6) is 0 Å². The minimum Gasteiger partial charge on any atom is -0.469 e. The lowest BCUT2D eigenvalue weighted by Gasteiger charge is -2.03. The summed E-state index contributed by atoms with van der Waals surface area (Å²) in [6.45, 7) is 2.01. The number of carbonyl (C=O) groups is 1. The molecular weight excluding hydrogens is 274 g/mol. The number of hydrogen-bond acceptors (Lipinski definition) is 3. The van der Waals surface area contributed by atoms with Crippen molar-refractivity contribution in [1.82, 2.24) is 0 Å². The summed E-state index contributed by atoms with van der Waals surface area (Å²) in [5.74, 6) is -0.222. The fourth-order valence-corrected chi connectivity index (χ4v) is 2.06. The van der Waals surface area contributed by atoms with Crippen molar-refractivity contribution in [2.45, 2.75) is 32.6 Å². The summed E-state index contributed by atoms with van der Waals surface area (Å²) in [6.07, 6.45) is 13.3. The van der Waals surface area contributed by atoms with Gasteiger partial charge in [0.1, 0.15) is 0 Å². The third-order valence-electron chi connectivity index (χ3n) is 3.25. The second-order valence-electron chi connectivity index (χ2n) is 5.05. The molecule has 0 aliphatic heterocycles. The monoisotopic (exact) mass is 299 g/mol. The van der Waals surface area contributed by atoms with Gasteiger partial charge in [0, 0.05) is 5.69 Å². The molecule has 0 aliphatic carbocycles. The Bertz CT molecular complexity index is 539. The van der Waals surface area contributed by atoms with Gasteiger partial charge in [-0.25, -0.2) is 0 Å². The second-order valence-corrected chi connectivity index (χ2v) is 5.05. The first-order valence-electron chi connectivity index (χ1n) is 7.55. The van der Waals surface area contributed by atoms with Gasteiger partial charge < -0.3 is 10.5 Å². The van der Waals surface area contributed by atoms with Gasteiger partial charge in [-0.1, -0.05) is 42.5 Å². The van der Waals surface area contributed by atoms with Crippen LogP contribution in [0.2, 0.25) is 0 Å². The number of hydrogen-bond donors (Lipinski definition) is 1. The van der Waals surface area contributed by atoms with Crippen molar-refractivity contribution in [3.8, 4) is 0 Å². The van der Waals surface area contributed by atoms with Crippen molar-refractivity contribution in [3.05, 3.63) is 65.8 Å². The van der Waals surface area contributed by atoms with Gasteiger partial charge in [-0.3, -0.25) is 4.79 Å². The minimum absolute atomic E-state index is 0.222. The lowest BCUT2D eigenvalue weighted by Crippen LogP contribution is -1.96. The molecule has 0 aliphatic rings. The van der Waals surface area contributed by atoms with Crippen molar-refractivity contribution in [3.63, 3.8) is 0 Å². The number of methoxy groups -OCH3 is 1. The maximum Gasteiger partial charge on any atom is 0.309 e. The molecule has 118 valence electrons. The summed E-state index contributed by atoms with van der Waals surface area (Å²) in [5.41, 5.74) is 9.03. The lowest BCUT2D eigenvalue weighted by atomic mass is 10.0. The smallest absolute Gasteiger partial charge is 0.309 e. The molecule has 0 radical (unpaired) electrons. The van der Waals surface area contributed by atoms with Crippen LogP contribution in [-0.4, -0.2) is 13.1 Å². The van der Waals surface area contributed by atoms with Crippen molar-refractivity contribution < 1.29 is 9.53 Å². The first kappa shape index (κ1) is 17.8. The normalized spacial score (nSPS) is 12.2. The van der Waals surface area contributed by atoms with E-state index in [1.165, 1.54) is 18.2 Å². The Morgan fingerprint density at radius 3 is 2.64 bits per heavy atom. The van der Waals surface area contributed by atoms with Gasteiger partial charge in [-0.15, -0.1) is 0 Å². The molecule has 0 atom stereocenters. The van der Waals surface area contributed by atoms with Gasteiger partial charge in [-0.05, 0) is 49.5 Å². The predicted molar refractivity (Wildman–Crippen MR) is 92.5 cm³/mol. The first-order valence-corrected chi connectivity index (χ1v) is 7.55. The van der Waals surface area contributed by atoms with Gasteiger partial charge in [-0.2, -0.15) is 0 Å². The second kappa shape index (κ2) is 10.4. The molecule has 0 bridgehead atoms. The molecule has 1 aromatic rings. The number of esters is 1. The number of nitrogens with two attached hydrogens (primary N) is 1. The number of nitrogen functional groups attached to an aromatic ring is 1. The number of anilines is 1. The van der Waals surface area contributed by atoms with Crippen LogP contribution in [0.15, 0.2) is 60.2 Å². The summed E-state index contributed by atoms with van der Waals surface area (Å²) < 4.78 is 4.59. The Morgan fingerprint density at radius 1 is 1.27 bits per heavy atom. The van der Waals surface area contributed by atoms with Crippen LogP contribution in [0.25, 0.3) is 0 Å². The molecule has 1 rings (SSSR count). The van der Waals surface area contributed by atoms with E-state index in [1.54, 1.807) is 0 Å². The van der Waals surface area contributed by atoms with E-state index >= 15 is 0 Å². The van der Waals surface area contributed by atoms with E-state index in [0.717, 1.165) is 24.9 Å². The van der Waals surface area contributed by atoms with Gasteiger partial charge in [0.2, 0.25) is 0 Å². The average molecular weight is 299 g/mol. The third kappa shape index (κ3) is 7.48.